The number of fused-ring (bicyclic) bond motifs is 1. The highest BCUT2D eigenvalue weighted by Gasteiger charge is 2.44. The van der Waals surface area contributed by atoms with Gasteiger partial charge in [-0.15, -0.1) is 0 Å². The molecule has 1 fully saturated rings. The van der Waals surface area contributed by atoms with Gasteiger partial charge in [-0.2, -0.15) is 5.10 Å². The van der Waals surface area contributed by atoms with Gasteiger partial charge in [0.15, 0.2) is 5.78 Å². The zero-order valence-corrected chi connectivity index (χ0v) is 15.6. The van der Waals surface area contributed by atoms with Crippen LogP contribution in [0.1, 0.15) is 53.6 Å². The van der Waals surface area contributed by atoms with E-state index in [1.165, 1.54) is 0 Å². The van der Waals surface area contributed by atoms with Gasteiger partial charge in [-0.05, 0) is 31.0 Å². The molecule has 1 N–H and O–H groups in total. The van der Waals surface area contributed by atoms with Crippen molar-refractivity contribution in [2.45, 2.75) is 51.6 Å². The van der Waals surface area contributed by atoms with Crippen molar-refractivity contribution in [2.75, 3.05) is 13.1 Å². The number of ether oxygens (including phenoxy) is 1. The number of hydrazone groups is 1. The fraction of sp³-hybridized carbons (Fsp3) is 0.500. The van der Waals surface area contributed by atoms with Crippen LogP contribution in [0.25, 0.3) is 0 Å². The van der Waals surface area contributed by atoms with E-state index in [4.69, 9.17) is 4.74 Å². The number of nitrogens with one attached hydrogen (secondary N) is 1. The maximum Gasteiger partial charge on any atom is 0.270 e. The molecule has 4 rings (SSSR count). The Labute approximate surface area is 157 Å². The lowest BCUT2D eigenvalue weighted by Crippen LogP contribution is -2.53. The number of amides is 2. The van der Waals surface area contributed by atoms with Crippen molar-refractivity contribution in [2.24, 2.45) is 5.10 Å². The molecule has 0 unspecified atom stereocenters. The molecule has 3 aliphatic rings. The van der Waals surface area contributed by atoms with Crippen molar-refractivity contribution >= 4 is 23.3 Å². The van der Waals surface area contributed by atoms with Crippen LogP contribution in [0.5, 0.6) is 5.75 Å². The van der Waals surface area contributed by atoms with E-state index < -0.39 is 5.60 Å². The Morgan fingerprint density at radius 1 is 1.19 bits per heavy atom. The Bertz CT molecular complexity index is 866. The molecule has 0 aliphatic carbocycles. The number of carbonyl (C=O) groups excluding carboxylic acids is 3. The summed E-state index contributed by atoms with van der Waals surface area (Å²) in [5.74, 6) is 0.484. The molecule has 27 heavy (non-hydrogen) atoms. The third kappa shape index (κ3) is 3.22. The summed E-state index contributed by atoms with van der Waals surface area (Å²) in [5.41, 5.74) is 4.94. The third-order valence-corrected chi connectivity index (χ3v) is 5.64. The maximum atomic E-state index is 12.8. The summed E-state index contributed by atoms with van der Waals surface area (Å²) >= 11 is 0. The summed E-state index contributed by atoms with van der Waals surface area (Å²) in [6, 6.07) is 3.93. The van der Waals surface area contributed by atoms with Crippen LogP contribution < -0.4 is 10.2 Å². The number of hydrogen-bond donors (Lipinski definition) is 1. The van der Waals surface area contributed by atoms with Gasteiger partial charge in [0.05, 0.1) is 12.0 Å². The second kappa shape index (κ2) is 6.48. The van der Waals surface area contributed by atoms with Crippen molar-refractivity contribution in [1.82, 2.24) is 10.3 Å². The van der Waals surface area contributed by atoms with E-state index in [0.717, 1.165) is 11.1 Å². The predicted octanol–water partition coefficient (Wildman–Crippen LogP) is 1.90. The molecule has 0 radical (unpaired) electrons. The van der Waals surface area contributed by atoms with Crippen molar-refractivity contribution in [3.05, 3.63) is 28.8 Å². The molecular formula is C20H23N3O4. The van der Waals surface area contributed by atoms with Crippen molar-refractivity contribution in [3.63, 3.8) is 0 Å². The summed E-state index contributed by atoms with van der Waals surface area (Å²) in [6.07, 6.45) is 2.22. The van der Waals surface area contributed by atoms with Gasteiger partial charge in [0.2, 0.25) is 5.91 Å². The topological polar surface area (TPSA) is 88.1 Å². The van der Waals surface area contributed by atoms with Gasteiger partial charge in [0.25, 0.3) is 5.91 Å². The second-order valence-corrected chi connectivity index (χ2v) is 7.73. The molecule has 0 saturated carbocycles. The van der Waals surface area contributed by atoms with Crippen molar-refractivity contribution in [3.8, 4) is 5.75 Å². The molecule has 3 heterocycles. The molecule has 1 aromatic carbocycles. The Hall–Kier alpha value is -2.70. The van der Waals surface area contributed by atoms with Crippen LogP contribution in [0.3, 0.4) is 0 Å². The molecule has 0 aromatic heterocycles. The number of Topliss-reactive ketones (excluding diaryl/α,β-unsaturated/α-hetero) is 1. The standard InChI is InChI=1S/C20H23N3O4/c1-12-9-13(2)18-15(24)11-20(27-16(18)10-12)5-7-23(8-6-20)19(26)14-3-4-17(25)22-21-14/h9-10H,3-8,11H2,1-2H3,(H,22,25). The summed E-state index contributed by atoms with van der Waals surface area (Å²) in [6.45, 7) is 4.96. The van der Waals surface area contributed by atoms with E-state index in [-0.39, 0.29) is 24.0 Å². The van der Waals surface area contributed by atoms with Gasteiger partial charge >= 0.3 is 0 Å². The molecule has 7 nitrogen and oxygen atoms in total. The number of ketones is 1. The van der Waals surface area contributed by atoms with E-state index >= 15 is 0 Å². The Balaban J connectivity index is 1.48. The highest BCUT2D eigenvalue weighted by molar-refractivity contribution is 6.39. The van der Waals surface area contributed by atoms with Crippen LogP contribution in [-0.2, 0) is 9.59 Å². The lowest BCUT2D eigenvalue weighted by Gasteiger charge is -2.44. The lowest BCUT2D eigenvalue weighted by molar-refractivity contribution is -0.127. The highest BCUT2D eigenvalue weighted by atomic mass is 16.5. The first-order valence-corrected chi connectivity index (χ1v) is 9.35. The molecule has 2 amide bonds. The van der Waals surface area contributed by atoms with Crippen LogP contribution in [-0.4, -0.2) is 46.9 Å². The molecule has 3 aliphatic heterocycles. The van der Waals surface area contributed by atoms with E-state index in [2.05, 4.69) is 10.5 Å². The third-order valence-electron chi connectivity index (χ3n) is 5.64. The zero-order valence-electron chi connectivity index (χ0n) is 15.6. The minimum Gasteiger partial charge on any atom is -0.486 e. The van der Waals surface area contributed by atoms with Gasteiger partial charge < -0.3 is 9.64 Å². The van der Waals surface area contributed by atoms with Gasteiger partial charge in [-0.1, -0.05) is 6.07 Å². The average Bonchev–Trinajstić information content (AvgIpc) is 2.61. The number of benzene rings is 1. The minimum atomic E-state index is -0.538. The van der Waals surface area contributed by atoms with Crippen LogP contribution in [0, 0.1) is 13.8 Å². The minimum absolute atomic E-state index is 0.118. The number of carbonyl (C=O) groups is 3. The van der Waals surface area contributed by atoms with E-state index in [1.807, 2.05) is 26.0 Å². The molecule has 0 bridgehead atoms. The summed E-state index contributed by atoms with van der Waals surface area (Å²) in [4.78, 5) is 38.3. The monoisotopic (exact) mass is 369 g/mol. The molecule has 1 saturated heterocycles. The zero-order chi connectivity index (χ0) is 19.2. The number of piperidine rings is 1. The Morgan fingerprint density at radius 2 is 1.93 bits per heavy atom. The van der Waals surface area contributed by atoms with Crippen LogP contribution in [0.15, 0.2) is 17.2 Å². The SMILES string of the molecule is Cc1cc(C)c2c(c1)OC1(CCN(C(=O)C3=NNC(=O)CC3)CC1)CC2=O. The average molecular weight is 369 g/mol. The Kier molecular flexibility index (Phi) is 4.25. The fourth-order valence-electron chi connectivity index (χ4n) is 4.22. The first kappa shape index (κ1) is 17.7. The van der Waals surface area contributed by atoms with Crippen molar-refractivity contribution in [1.29, 1.82) is 0 Å². The molecule has 0 atom stereocenters. The van der Waals surface area contributed by atoms with E-state index in [1.54, 1.807) is 4.90 Å². The van der Waals surface area contributed by atoms with Crippen molar-refractivity contribution < 1.29 is 19.1 Å². The number of hydrogen-bond acceptors (Lipinski definition) is 5. The number of aryl methyl sites for hydroxylation is 2. The Morgan fingerprint density at radius 3 is 2.59 bits per heavy atom. The van der Waals surface area contributed by atoms with Gasteiger partial charge in [0.1, 0.15) is 17.1 Å². The van der Waals surface area contributed by atoms with Gasteiger partial charge in [-0.25, -0.2) is 5.43 Å². The molecule has 1 spiro atoms. The number of rotatable bonds is 1. The highest BCUT2D eigenvalue weighted by Crippen LogP contribution is 2.41. The number of likely N-dealkylation sites (tertiary alicyclic amines) is 1. The molecule has 142 valence electrons. The number of nitrogens with zero attached hydrogens (tertiary/aromatic N) is 2. The summed E-state index contributed by atoms with van der Waals surface area (Å²) in [5, 5.41) is 3.89. The van der Waals surface area contributed by atoms with Crippen LogP contribution in [0.4, 0.5) is 0 Å². The fourth-order valence-corrected chi connectivity index (χ4v) is 4.22. The molecule has 7 heteroatoms. The maximum absolute atomic E-state index is 12.8. The predicted molar refractivity (Wildman–Crippen MR) is 98.8 cm³/mol. The van der Waals surface area contributed by atoms with Crippen LogP contribution in [0.2, 0.25) is 0 Å². The van der Waals surface area contributed by atoms with Gasteiger partial charge in [0, 0.05) is 38.8 Å². The normalized spacial score (nSPS) is 21.3. The quantitative estimate of drug-likeness (QED) is 0.819. The summed E-state index contributed by atoms with van der Waals surface area (Å²) < 4.78 is 6.33. The largest absolute Gasteiger partial charge is 0.486 e. The van der Waals surface area contributed by atoms with Gasteiger partial charge in [-0.3, -0.25) is 14.4 Å². The van der Waals surface area contributed by atoms with E-state index in [9.17, 15) is 14.4 Å². The lowest BCUT2D eigenvalue weighted by atomic mass is 9.81. The smallest absolute Gasteiger partial charge is 0.270 e. The first-order chi connectivity index (χ1) is 12.9. The molecular weight excluding hydrogens is 346 g/mol. The second-order valence-electron chi connectivity index (χ2n) is 7.73. The first-order valence-electron chi connectivity index (χ1n) is 9.35. The summed E-state index contributed by atoms with van der Waals surface area (Å²) in [7, 11) is 0. The molecule has 1 aromatic rings. The van der Waals surface area contributed by atoms with Crippen LogP contribution >= 0.6 is 0 Å². The van der Waals surface area contributed by atoms with E-state index in [0.29, 0.717) is 55.8 Å².